The van der Waals surface area contributed by atoms with Gasteiger partial charge in [0.25, 0.3) is 0 Å². The molecule has 1 aliphatic heterocycles. The van der Waals surface area contributed by atoms with E-state index in [1.807, 2.05) is 0 Å². The second kappa shape index (κ2) is 9.24. The first kappa shape index (κ1) is 21.8. The van der Waals surface area contributed by atoms with Crippen LogP contribution < -0.4 is 5.32 Å². The van der Waals surface area contributed by atoms with Gasteiger partial charge < -0.3 is 24.7 Å². The summed E-state index contributed by atoms with van der Waals surface area (Å²) in [5.74, 6) is -1.99. The largest absolute Gasteiger partial charge is 0.469 e. The number of H-pyrrole nitrogens is 1. The highest BCUT2D eigenvalue weighted by Gasteiger charge is 2.37. The minimum Gasteiger partial charge on any atom is -0.469 e. The smallest absolute Gasteiger partial charge is 0.329 e. The van der Waals surface area contributed by atoms with E-state index in [0.29, 0.717) is 16.6 Å². The number of benzene rings is 1. The van der Waals surface area contributed by atoms with Crippen molar-refractivity contribution in [2.75, 3.05) is 20.8 Å². The van der Waals surface area contributed by atoms with E-state index in [0.717, 1.165) is 12.8 Å². The Kier molecular flexibility index (Phi) is 6.70. The fourth-order valence-corrected chi connectivity index (χ4v) is 3.68. The van der Waals surface area contributed by atoms with Crippen LogP contribution in [0.25, 0.3) is 0 Å². The lowest BCUT2D eigenvalue weighted by Gasteiger charge is -2.36. The lowest BCUT2D eigenvalue weighted by atomic mass is 9.95. The molecule has 0 saturated carbocycles. The highest BCUT2D eigenvalue weighted by molar-refractivity contribution is 9.10. The molecule has 3 rings (SSSR count). The molecule has 0 fully saturated rings. The number of urea groups is 1. The van der Waals surface area contributed by atoms with E-state index in [1.54, 1.807) is 12.1 Å². The lowest BCUT2D eigenvalue weighted by molar-refractivity contribution is -0.149. The Labute approximate surface area is 180 Å². The Morgan fingerprint density at radius 3 is 2.80 bits per heavy atom. The maximum absolute atomic E-state index is 14.8. The molecule has 2 atom stereocenters. The molecule has 2 aromatic rings. The Balaban J connectivity index is 1.93. The summed E-state index contributed by atoms with van der Waals surface area (Å²) in [4.78, 5) is 45.4. The van der Waals surface area contributed by atoms with Crippen molar-refractivity contribution in [3.05, 3.63) is 51.8 Å². The van der Waals surface area contributed by atoms with Crippen molar-refractivity contribution in [2.45, 2.75) is 24.9 Å². The van der Waals surface area contributed by atoms with Gasteiger partial charge in [0.1, 0.15) is 17.9 Å². The molecule has 1 aromatic carbocycles. The number of nitrogens with zero attached hydrogens (tertiary/aromatic N) is 2. The molecule has 0 unspecified atom stereocenters. The standard InChI is InChI=1S/C19H20BrFN4O5/c1-29-15(26)8-14(18(27)30-2)24-19(28)25-6-5-13-16(23-9-22-13)17(25)11-4-3-10(20)7-12(11)21/h3-4,7,9,14,17H,5-6,8H2,1-2H3,(H,22,23)(H,24,28)/t14-,17-/m0/s1. The van der Waals surface area contributed by atoms with Crippen molar-refractivity contribution < 1.29 is 28.2 Å². The first-order chi connectivity index (χ1) is 14.3. The van der Waals surface area contributed by atoms with Crippen LogP contribution in [-0.4, -0.2) is 59.6 Å². The molecular weight excluding hydrogens is 463 g/mol. The van der Waals surface area contributed by atoms with Crippen LogP contribution in [0.4, 0.5) is 9.18 Å². The quantitative estimate of drug-likeness (QED) is 0.630. The number of amides is 2. The molecule has 1 aliphatic rings. The van der Waals surface area contributed by atoms with E-state index in [9.17, 15) is 18.8 Å². The number of fused-ring (bicyclic) bond motifs is 1. The first-order valence-corrected chi connectivity index (χ1v) is 9.83. The van der Waals surface area contributed by atoms with E-state index in [2.05, 4.69) is 40.7 Å². The van der Waals surface area contributed by atoms with Crippen LogP contribution in [0, 0.1) is 5.82 Å². The van der Waals surface area contributed by atoms with E-state index in [1.165, 1.54) is 24.4 Å². The highest BCUT2D eigenvalue weighted by atomic mass is 79.9. The van der Waals surface area contributed by atoms with Gasteiger partial charge in [0.15, 0.2) is 0 Å². The summed E-state index contributed by atoms with van der Waals surface area (Å²) < 4.78 is 24.6. The minimum atomic E-state index is -1.24. The molecule has 2 heterocycles. The van der Waals surface area contributed by atoms with Gasteiger partial charge in [0.05, 0.1) is 32.7 Å². The second-order valence-corrected chi connectivity index (χ2v) is 7.50. The van der Waals surface area contributed by atoms with Crippen molar-refractivity contribution in [2.24, 2.45) is 0 Å². The molecule has 2 amide bonds. The third-order valence-corrected chi connectivity index (χ3v) is 5.32. The zero-order valence-electron chi connectivity index (χ0n) is 16.3. The minimum absolute atomic E-state index is 0.243. The predicted molar refractivity (Wildman–Crippen MR) is 106 cm³/mol. The first-order valence-electron chi connectivity index (χ1n) is 9.04. The van der Waals surface area contributed by atoms with E-state index in [4.69, 9.17) is 0 Å². The number of methoxy groups -OCH3 is 2. The van der Waals surface area contributed by atoms with Crippen LogP contribution in [0.15, 0.2) is 29.0 Å². The van der Waals surface area contributed by atoms with E-state index in [-0.39, 0.29) is 12.1 Å². The molecule has 2 N–H and O–H groups in total. The van der Waals surface area contributed by atoms with Gasteiger partial charge in [0, 0.05) is 28.7 Å². The summed E-state index contributed by atoms with van der Waals surface area (Å²) in [5.41, 5.74) is 1.56. The summed E-state index contributed by atoms with van der Waals surface area (Å²) >= 11 is 3.22. The molecule has 0 spiro atoms. The zero-order valence-corrected chi connectivity index (χ0v) is 17.9. The second-order valence-electron chi connectivity index (χ2n) is 6.58. The Morgan fingerprint density at radius 1 is 1.37 bits per heavy atom. The van der Waals surface area contributed by atoms with Gasteiger partial charge >= 0.3 is 18.0 Å². The summed E-state index contributed by atoms with van der Waals surface area (Å²) in [7, 11) is 2.32. The molecule has 0 radical (unpaired) electrons. The zero-order chi connectivity index (χ0) is 21.8. The number of hydrogen-bond donors (Lipinski definition) is 2. The van der Waals surface area contributed by atoms with Crippen LogP contribution in [0.3, 0.4) is 0 Å². The number of nitrogens with one attached hydrogen (secondary N) is 2. The van der Waals surface area contributed by atoms with Crippen molar-refractivity contribution >= 4 is 33.9 Å². The average Bonchev–Trinajstić information content (AvgIpc) is 3.21. The van der Waals surface area contributed by atoms with Crippen molar-refractivity contribution in [1.29, 1.82) is 0 Å². The van der Waals surface area contributed by atoms with Gasteiger partial charge in [-0.15, -0.1) is 0 Å². The van der Waals surface area contributed by atoms with Crippen LogP contribution in [0.5, 0.6) is 0 Å². The molecule has 0 aliphatic carbocycles. The number of aromatic amines is 1. The highest BCUT2D eigenvalue weighted by Crippen LogP contribution is 2.35. The average molecular weight is 483 g/mol. The number of ether oxygens (including phenoxy) is 2. The monoisotopic (exact) mass is 482 g/mol. The molecule has 1 aromatic heterocycles. The van der Waals surface area contributed by atoms with Gasteiger partial charge in [-0.3, -0.25) is 4.79 Å². The van der Waals surface area contributed by atoms with Crippen LogP contribution in [0.2, 0.25) is 0 Å². The fraction of sp³-hybridized carbons (Fsp3) is 0.368. The third kappa shape index (κ3) is 4.45. The molecule has 30 heavy (non-hydrogen) atoms. The maximum atomic E-state index is 14.8. The van der Waals surface area contributed by atoms with Gasteiger partial charge in [-0.25, -0.2) is 19.0 Å². The predicted octanol–water partition coefficient (Wildman–Crippen LogP) is 2.07. The summed E-state index contributed by atoms with van der Waals surface area (Å²) in [5, 5.41) is 2.50. The number of carbonyl (C=O) groups excluding carboxylic acids is 3. The van der Waals surface area contributed by atoms with Gasteiger partial charge in [-0.2, -0.15) is 0 Å². The van der Waals surface area contributed by atoms with Crippen LogP contribution >= 0.6 is 15.9 Å². The number of esters is 2. The molecule has 160 valence electrons. The van der Waals surface area contributed by atoms with Crippen LogP contribution in [0.1, 0.15) is 29.4 Å². The molecular formula is C19H20BrFN4O5. The molecule has 0 bridgehead atoms. The lowest BCUT2D eigenvalue weighted by Crippen LogP contribution is -2.52. The Hall–Kier alpha value is -2.95. The van der Waals surface area contributed by atoms with Gasteiger partial charge in [-0.05, 0) is 12.1 Å². The van der Waals surface area contributed by atoms with Gasteiger partial charge in [-0.1, -0.05) is 22.0 Å². The third-order valence-electron chi connectivity index (χ3n) is 4.82. The summed E-state index contributed by atoms with van der Waals surface area (Å²) in [6.45, 7) is 0.243. The van der Waals surface area contributed by atoms with Crippen molar-refractivity contribution in [3.63, 3.8) is 0 Å². The maximum Gasteiger partial charge on any atom is 0.329 e. The normalized spacial score (nSPS) is 16.4. The van der Waals surface area contributed by atoms with E-state index >= 15 is 0 Å². The van der Waals surface area contributed by atoms with Gasteiger partial charge in [0.2, 0.25) is 0 Å². The van der Waals surface area contributed by atoms with Crippen LogP contribution in [-0.2, 0) is 25.5 Å². The molecule has 9 nitrogen and oxygen atoms in total. The van der Waals surface area contributed by atoms with Crippen molar-refractivity contribution in [1.82, 2.24) is 20.2 Å². The number of halogens is 2. The topological polar surface area (TPSA) is 114 Å². The Morgan fingerprint density at radius 2 is 2.13 bits per heavy atom. The number of imidazole rings is 1. The molecule has 11 heteroatoms. The Bertz CT molecular complexity index is 966. The van der Waals surface area contributed by atoms with E-state index < -0.39 is 42.3 Å². The number of carbonyl (C=O) groups is 3. The van der Waals surface area contributed by atoms with Crippen molar-refractivity contribution in [3.8, 4) is 0 Å². The number of aromatic nitrogens is 2. The summed E-state index contributed by atoms with van der Waals surface area (Å²) in [6.07, 6.45) is 1.56. The number of hydrogen-bond acceptors (Lipinski definition) is 6. The summed E-state index contributed by atoms with van der Waals surface area (Å²) in [6, 6.07) is 1.83. The number of rotatable bonds is 5. The fourth-order valence-electron chi connectivity index (χ4n) is 3.35. The SMILES string of the molecule is COC(=O)C[C@H](NC(=O)N1CCc2[nH]cnc2[C@@H]1c1ccc(Br)cc1F)C(=O)OC. The molecule has 0 saturated heterocycles.